The van der Waals surface area contributed by atoms with E-state index in [-0.39, 0.29) is 5.82 Å². The van der Waals surface area contributed by atoms with Gasteiger partial charge in [0.15, 0.2) is 4.96 Å². The van der Waals surface area contributed by atoms with Gasteiger partial charge in [-0.1, -0.05) is 11.6 Å². The van der Waals surface area contributed by atoms with Crippen LogP contribution in [0.15, 0.2) is 29.8 Å². The number of benzene rings is 1. The van der Waals surface area contributed by atoms with Crippen molar-refractivity contribution in [2.24, 2.45) is 0 Å². The maximum atomic E-state index is 13.6. The van der Waals surface area contributed by atoms with Crippen molar-refractivity contribution in [1.82, 2.24) is 9.38 Å². The molecule has 0 saturated carbocycles. The molecule has 0 radical (unpaired) electrons. The van der Waals surface area contributed by atoms with Gasteiger partial charge < -0.3 is 5.32 Å². The Balaban J connectivity index is 1.87. The Hall–Kier alpha value is -1.59. The van der Waals surface area contributed by atoms with Gasteiger partial charge >= 0.3 is 0 Å². The van der Waals surface area contributed by atoms with Crippen molar-refractivity contribution in [2.75, 3.05) is 5.32 Å². The molecule has 0 fully saturated rings. The van der Waals surface area contributed by atoms with E-state index < -0.39 is 0 Å². The predicted molar refractivity (Wildman–Crippen MR) is 76.5 cm³/mol. The lowest BCUT2D eigenvalue weighted by Crippen LogP contribution is -2.05. The summed E-state index contributed by atoms with van der Waals surface area (Å²) in [7, 11) is 0. The number of imidazole rings is 1. The van der Waals surface area contributed by atoms with Crippen molar-refractivity contribution >= 4 is 33.6 Å². The molecule has 3 rings (SSSR count). The second kappa shape index (κ2) is 4.83. The molecule has 0 amide bonds. The van der Waals surface area contributed by atoms with Crippen LogP contribution in [0, 0.1) is 12.7 Å². The van der Waals surface area contributed by atoms with Gasteiger partial charge in [-0.25, -0.2) is 9.37 Å². The Labute approximate surface area is 118 Å². The number of nitrogens with zero attached hydrogens (tertiary/aromatic N) is 2. The normalized spacial score (nSPS) is 11.1. The van der Waals surface area contributed by atoms with Crippen LogP contribution in [0.3, 0.4) is 0 Å². The number of hydrogen-bond donors (Lipinski definition) is 1. The lowest BCUT2D eigenvalue weighted by Gasteiger charge is -2.08. The molecule has 0 aliphatic carbocycles. The molecule has 0 aliphatic heterocycles. The number of nitrogens with one attached hydrogen (secondary N) is 1. The van der Waals surface area contributed by atoms with Crippen LogP contribution in [0.1, 0.15) is 11.4 Å². The van der Waals surface area contributed by atoms with Gasteiger partial charge in [0.05, 0.1) is 23.6 Å². The third-order valence-corrected chi connectivity index (χ3v) is 3.93. The number of hydrogen-bond acceptors (Lipinski definition) is 3. The lowest BCUT2D eigenvalue weighted by atomic mass is 10.3. The van der Waals surface area contributed by atoms with Crippen LogP contribution in [0.25, 0.3) is 4.96 Å². The number of aryl methyl sites for hydroxylation is 1. The van der Waals surface area contributed by atoms with E-state index in [2.05, 4.69) is 10.3 Å². The second-order valence-corrected chi connectivity index (χ2v) is 5.49. The molecule has 0 atom stereocenters. The lowest BCUT2D eigenvalue weighted by molar-refractivity contribution is 0.630. The summed E-state index contributed by atoms with van der Waals surface area (Å²) in [5.41, 5.74) is 2.37. The molecular weight excluding hydrogens is 285 g/mol. The molecule has 1 aromatic carbocycles. The number of aromatic nitrogens is 2. The van der Waals surface area contributed by atoms with Crippen molar-refractivity contribution in [1.29, 1.82) is 0 Å². The molecule has 3 aromatic rings. The summed E-state index contributed by atoms with van der Waals surface area (Å²) in [6.07, 6.45) is 1.96. The SMILES string of the molecule is Cc1nc2sccn2c1CNc1cc(Cl)ccc1F. The molecule has 0 spiro atoms. The zero-order chi connectivity index (χ0) is 13.4. The Morgan fingerprint density at radius 3 is 3.16 bits per heavy atom. The van der Waals surface area contributed by atoms with Crippen LogP contribution in [0.2, 0.25) is 5.02 Å². The van der Waals surface area contributed by atoms with Gasteiger partial charge in [-0.2, -0.15) is 0 Å². The first-order chi connectivity index (χ1) is 9.15. The highest BCUT2D eigenvalue weighted by molar-refractivity contribution is 7.15. The molecule has 2 aromatic heterocycles. The van der Waals surface area contributed by atoms with Crippen LogP contribution in [-0.4, -0.2) is 9.38 Å². The Bertz CT molecular complexity index is 735. The van der Waals surface area contributed by atoms with E-state index >= 15 is 0 Å². The maximum Gasteiger partial charge on any atom is 0.194 e. The first-order valence-corrected chi connectivity index (χ1v) is 7.01. The average Bonchev–Trinajstić information content (AvgIpc) is 2.92. The summed E-state index contributed by atoms with van der Waals surface area (Å²) in [5, 5.41) is 5.55. The second-order valence-electron chi connectivity index (χ2n) is 4.18. The van der Waals surface area contributed by atoms with Gasteiger partial charge in [0.25, 0.3) is 0 Å². The zero-order valence-corrected chi connectivity index (χ0v) is 11.7. The fourth-order valence-electron chi connectivity index (χ4n) is 1.97. The summed E-state index contributed by atoms with van der Waals surface area (Å²) < 4.78 is 15.6. The van der Waals surface area contributed by atoms with Gasteiger partial charge in [-0.05, 0) is 25.1 Å². The van der Waals surface area contributed by atoms with E-state index in [1.165, 1.54) is 12.1 Å². The average molecular weight is 296 g/mol. The number of fused-ring (bicyclic) bond motifs is 1. The minimum atomic E-state index is -0.312. The van der Waals surface area contributed by atoms with Gasteiger partial charge in [0, 0.05) is 16.6 Å². The highest BCUT2D eigenvalue weighted by Gasteiger charge is 2.10. The highest BCUT2D eigenvalue weighted by Crippen LogP contribution is 2.22. The Morgan fingerprint density at radius 2 is 2.32 bits per heavy atom. The van der Waals surface area contributed by atoms with Crippen LogP contribution < -0.4 is 5.32 Å². The first kappa shape index (κ1) is 12.4. The smallest absolute Gasteiger partial charge is 0.194 e. The summed E-state index contributed by atoms with van der Waals surface area (Å²) in [4.78, 5) is 5.39. The van der Waals surface area contributed by atoms with E-state index in [4.69, 9.17) is 11.6 Å². The maximum absolute atomic E-state index is 13.6. The molecule has 0 bridgehead atoms. The summed E-state index contributed by atoms with van der Waals surface area (Å²) in [6.45, 7) is 2.45. The summed E-state index contributed by atoms with van der Waals surface area (Å²) >= 11 is 7.44. The summed E-state index contributed by atoms with van der Waals surface area (Å²) in [5.74, 6) is -0.312. The minimum Gasteiger partial charge on any atom is -0.377 e. The minimum absolute atomic E-state index is 0.312. The monoisotopic (exact) mass is 295 g/mol. The van der Waals surface area contributed by atoms with Gasteiger partial charge in [0.1, 0.15) is 5.82 Å². The number of anilines is 1. The van der Waals surface area contributed by atoms with E-state index in [9.17, 15) is 4.39 Å². The molecule has 2 heterocycles. The largest absolute Gasteiger partial charge is 0.377 e. The van der Waals surface area contributed by atoms with Crippen molar-refractivity contribution in [3.05, 3.63) is 52.0 Å². The molecule has 0 aliphatic rings. The molecule has 0 unspecified atom stereocenters. The number of rotatable bonds is 3. The van der Waals surface area contributed by atoms with E-state index in [0.29, 0.717) is 17.3 Å². The Morgan fingerprint density at radius 1 is 1.47 bits per heavy atom. The van der Waals surface area contributed by atoms with Crippen LogP contribution >= 0.6 is 22.9 Å². The van der Waals surface area contributed by atoms with Crippen LogP contribution in [0.5, 0.6) is 0 Å². The topological polar surface area (TPSA) is 29.3 Å². The third-order valence-electron chi connectivity index (χ3n) is 2.94. The van der Waals surface area contributed by atoms with E-state index in [1.54, 1.807) is 17.4 Å². The number of thiazole rings is 1. The molecule has 6 heteroatoms. The molecular formula is C13H11ClFN3S. The molecule has 98 valence electrons. The van der Waals surface area contributed by atoms with Crippen molar-refractivity contribution in [3.8, 4) is 0 Å². The van der Waals surface area contributed by atoms with Crippen LogP contribution in [0.4, 0.5) is 10.1 Å². The fraction of sp³-hybridized carbons (Fsp3) is 0.154. The molecule has 19 heavy (non-hydrogen) atoms. The van der Waals surface area contributed by atoms with Gasteiger partial charge in [-0.3, -0.25) is 4.40 Å². The third kappa shape index (κ3) is 2.31. The summed E-state index contributed by atoms with van der Waals surface area (Å²) in [6, 6.07) is 4.47. The standard InChI is InChI=1S/C13H11ClFN3S/c1-8-12(18-4-5-19-13(18)17-8)7-16-11-6-9(14)2-3-10(11)15/h2-6,16H,7H2,1H3. The zero-order valence-electron chi connectivity index (χ0n) is 10.2. The fourth-order valence-corrected chi connectivity index (χ4v) is 2.92. The van der Waals surface area contributed by atoms with E-state index in [1.807, 2.05) is 22.9 Å². The van der Waals surface area contributed by atoms with Gasteiger partial charge in [0.2, 0.25) is 0 Å². The predicted octanol–water partition coefficient (Wildman–Crippen LogP) is 4.11. The number of halogens is 2. The van der Waals surface area contributed by atoms with Crippen molar-refractivity contribution in [2.45, 2.75) is 13.5 Å². The highest BCUT2D eigenvalue weighted by atomic mass is 35.5. The van der Waals surface area contributed by atoms with Crippen molar-refractivity contribution in [3.63, 3.8) is 0 Å². The molecule has 0 saturated heterocycles. The van der Waals surface area contributed by atoms with Crippen LogP contribution in [-0.2, 0) is 6.54 Å². The molecule has 3 nitrogen and oxygen atoms in total. The quantitative estimate of drug-likeness (QED) is 0.788. The van der Waals surface area contributed by atoms with Gasteiger partial charge in [-0.15, -0.1) is 11.3 Å². The van der Waals surface area contributed by atoms with E-state index in [0.717, 1.165) is 16.3 Å². The molecule has 1 N–H and O–H groups in total. The van der Waals surface area contributed by atoms with Crippen molar-refractivity contribution < 1.29 is 4.39 Å². The first-order valence-electron chi connectivity index (χ1n) is 5.75. The Kier molecular flexibility index (Phi) is 3.16.